The molecule has 1 aliphatic rings. The number of amides is 1. The van der Waals surface area contributed by atoms with Crippen molar-refractivity contribution in [1.82, 2.24) is 9.80 Å². The third kappa shape index (κ3) is 5.82. The van der Waals surface area contributed by atoms with Crippen molar-refractivity contribution in [3.8, 4) is 0 Å². The number of hydrogen-bond acceptors (Lipinski definition) is 5. The van der Waals surface area contributed by atoms with Gasteiger partial charge in [-0.25, -0.2) is 4.39 Å². The molecule has 29 heavy (non-hydrogen) atoms. The van der Waals surface area contributed by atoms with Crippen molar-refractivity contribution in [2.75, 3.05) is 38.0 Å². The molecule has 2 aromatic rings. The fraction of sp³-hybridized carbons (Fsp3) is 0.381. The Morgan fingerprint density at radius 2 is 1.79 bits per heavy atom. The summed E-state index contributed by atoms with van der Waals surface area (Å²) in [5.74, 6) is -0.415. The van der Waals surface area contributed by atoms with Crippen LogP contribution in [-0.4, -0.2) is 53.4 Å². The maximum absolute atomic E-state index is 13.1. The van der Waals surface area contributed by atoms with Crippen LogP contribution in [0.25, 0.3) is 0 Å². The number of anilines is 1. The smallest absolute Gasteiger partial charge is 0.274 e. The summed E-state index contributed by atoms with van der Waals surface area (Å²) in [4.78, 5) is 27.5. The molecule has 1 fully saturated rings. The zero-order chi connectivity index (χ0) is 20.8. The molecule has 0 unspecified atom stereocenters. The minimum Gasteiger partial charge on any atom is -0.324 e. The van der Waals surface area contributed by atoms with Gasteiger partial charge in [0.25, 0.3) is 5.69 Å². The van der Waals surface area contributed by atoms with Crippen LogP contribution in [0, 0.1) is 22.9 Å². The van der Waals surface area contributed by atoms with E-state index < -0.39 is 4.92 Å². The molecule has 1 amide bonds. The zero-order valence-corrected chi connectivity index (χ0v) is 16.4. The van der Waals surface area contributed by atoms with Gasteiger partial charge in [-0.1, -0.05) is 18.2 Å². The maximum atomic E-state index is 13.1. The van der Waals surface area contributed by atoms with Crippen LogP contribution in [0.2, 0.25) is 0 Å². The van der Waals surface area contributed by atoms with E-state index in [0.29, 0.717) is 11.3 Å². The van der Waals surface area contributed by atoms with Crippen LogP contribution in [0.1, 0.15) is 17.5 Å². The van der Waals surface area contributed by atoms with Crippen molar-refractivity contribution in [3.63, 3.8) is 0 Å². The summed E-state index contributed by atoms with van der Waals surface area (Å²) in [5.41, 5.74) is 1.98. The Morgan fingerprint density at radius 1 is 1.10 bits per heavy atom. The molecule has 8 heteroatoms. The molecule has 0 bridgehead atoms. The number of benzene rings is 2. The number of nitro benzene ring substituents is 1. The Balaban J connectivity index is 1.52. The summed E-state index contributed by atoms with van der Waals surface area (Å²) < 4.78 is 13.1. The lowest BCUT2D eigenvalue weighted by Crippen LogP contribution is -2.36. The van der Waals surface area contributed by atoms with Crippen LogP contribution < -0.4 is 5.32 Å². The molecule has 0 spiro atoms. The molecule has 0 radical (unpaired) electrons. The van der Waals surface area contributed by atoms with Crippen molar-refractivity contribution in [2.45, 2.75) is 19.9 Å². The molecule has 1 N–H and O–H groups in total. The lowest BCUT2D eigenvalue weighted by atomic mass is 10.1. The SMILES string of the molecule is Cc1c(NC(=O)CN2CCCN(Cc3ccc(F)cc3)CC2)cccc1[N+](=O)[O-]. The minimum absolute atomic E-state index is 0.00555. The second-order valence-electron chi connectivity index (χ2n) is 7.29. The second kappa shape index (κ2) is 9.58. The highest BCUT2D eigenvalue weighted by atomic mass is 19.1. The van der Waals surface area contributed by atoms with Gasteiger partial charge in [0.05, 0.1) is 22.7 Å². The lowest BCUT2D eigenvalue weighted by molar-refractivity contribution is -0.385. The van der Waals surface area contributed by atoms with Crippen LogP contribution in [0.15, 0.2) is 42.5 Å². The number of hydrogen-bond donors (Lipinski definition) is 1. The first kappa shape index (κ1) is 20.9. The summed E-state index contributed by atoms with van der Waals surface area (Å²) in [7, 11) is 0. The van der Waals surface area contributed by atoms with Crippen LogP contribution in [0.4, 0.5) is 15.8 Å². The van der Waals surface area contributed by atoms with Crippen molar-refractivity contribution in [2.24, 2.45) is 0 Å². The Kier molecular flexibility index (Phi) is 6.90. The van der Waals surface area contributed by atoms with E-state index in [-0.39, 0.29) is 24.0 Å². The first-order valence-corrected chi connectivity index (χ1v) is 9.65. The topological polar surface area (TPSA) is 78.7 Å². The van der Waals surface area contributed by atoms with E-state index in [1.807, 2.05) is 0 Å². The zero-order valence-electron chi connectivity index (χ0n) is 16.4. The van der Waals surface area contributed by atoms with Crippen LogP contribution in [0.5, 0.6) is 0 Å². The van der Waals surface area contributed by atoms with Gasteiger partial charge in [-0.2, -0.15) is 0 Å². The molecule has 1 heterocycles. The number of nitrogens with zero attached hydrogens (tertiary/aromatic N) is 3. The van der Waals surface area contributed by atoms with Gasteiger partial charge in [-0.3, -0.25) is 24.7 Å². The monoisotopic (exact) mass is 400 g/mol. The molecule has 1 aliphatic heterocycles. The van der Waals surface area contributed by atoms with Gasteiger partial charge >= 0.3 is 0 Å². The van der Waals surface area contributed by atoms with Crippen molar-refractivity contribution in [3.05, 3.63) is 69.5 Å². The van der Waals surface area contributed by atoms with E-state index >= 15 is 0 Å². The molecule has 7 nitrogen and oxygen atoms in total. The van der Waals surface area contributed by atoms with Gasteiger partial charge in [0.2, 0.25) is 5.91 Å². The van der Waals surface area contributed by atoms with E-state index in [2.05, 4.69) is 15.1 Å². The van der Waals surface area contributed by atoms with E-state index in [0.717, 1.165) is 44.7 Å². The normalized spacial score (nSPS) is 15.7. The summed E-state index contributed by atoms with van der Waals surface area (Å²) in [6, 6.07) is 11.2. The largest absolute Gasteiger partial charge is 0.324 e. The van der Waals surface area contributed by atoms with Crippen LogP contribution in [0.3, 0.4) is 0 Å². The second-order valence-corrected chi connectivity index (χ2v) is 7.29. The Bertz CT molecular complexity index is 873. The molecule has 0 aliphatic carbocycles. The average molecular weight is 400 g/mol. The summed E-state index contributed by atoms with van der Waals surface area (Å²) in [6.07, 6.45) is 0.935. The molecule has 1 saturated heterocycles. The fourth-order valence-corrected chi connectivity index (χ4v) is 3.54. The number of halogens is 1. The number of rotatable bonds is 6. The van der Waals surface area contributed by atoms with Gasteiger partial charge in [0.1, 0.15) is 5.82 Å². The molecular weight excluding hydrogens is 375 g/mol. The van der Waals surface area contributed by atoms with Crippen molar-refractivity contribution < 1.29 is 14.1 Å². The Morgan fingerprint density at radius 3 is 2.52 bits per heavy atom. The van der Waals surface area contributed by atoms with Gasteiger partial charge in [0, 0.05) is 25.7 Å². The van der Waals surface area contributed by atoms with Gasteiger partial charge in [-0.05, 0) is 50.2 Å². The molecule has 2 aromatic carbocycles. The quantitative estimate of drug-likeness (QED) is 0.595. The third-order valence-corrected chi connectivity index (χ3v) is 5.14. The van der Waals surface area contributed by atoms with Gasteiger partial charge in [0.15, 0.2) is 0 Å². The summed E-state index contributed by atoms with van der Waals surface area (Å²) in [6.45, 7) is 5.93. The van der Waals surface area contributed by atoms with E-state index in [9.17, 15) is 19.3 Å². The fourth-order valence-electron chi connectivity index (χ4n) is 3.54. The first-order valence-electron chi connectivity index (χ1n) is 9.65. The molecule has 0 aromatic heterocycles. The number of carbonyl (C=O) groups excluding carboxylic acids is 1. The molecule has 0 atom stereocenters. The first-order chi connectivity index (χ1) is 13.9. The Labute approximate surface area is 169 Å². The third-order valence-electron chi connectivity index (χ3n) is 5.14. The highest BCUT2D eigenvalue weighted by molar-refractivity contribution is 5.93. The Hall–Kier alpha value is -2.84. The number of nitrogens with one attached hydrogen (secondary N) is 1. The highest BCUT2D eigenvalue weighted by Gasteiger charge is 2.19. The summed E-state index contributed by atoms with van der Waals surface area (Å²) in [5, 5.41) is 13.8. The predicted octanol–water partition coefficient (Wildman–Crippen LogP) is 3.19. The maximum Gasteiger partial charge on any atom is 0.274 e. The number of carbonyl (C=O) groups is 1. The predicted molar refractivity (Wildman–Crippen MR) is 109 cm³/mol. The average Bonchev–Trinajstić information content (AvgIpc) is 2.90. The van der Waals surface area contributed by atoms with E-state index in [4.69, 9.17) is 0 Å². The standard InChI is InChI=1S/C21H25FN4O3/c1-16-19(4-2-5-20(16)26(28)29)23-21(27)15-25-11-3-10-24(12-13-25)14-17-6-8-18(22)9-7-17/h2,4-9H,3,10-15H2,1H3,(H,23,27). The van der Waals surface area contributed by atoms with Gasteiger partial charge < -0.3 is 5.32 Å². The summed E-state index contributed by atoms with van der Waals surface area (Å²) >= 11 is 0. The van der Waals surface area contributed by atoms with Crippen LogP contribution in [-0.2, 0) is 11.3 Å². The van der Waals surface area contributed by atoms with E-state index in [1.165, 1.54) is 18.2 Å². The van der Waals surface area contributed by atoms with Crippen molar-refractivity contribution in [1.29, 1.82) is 0 Å². The molecular formula is C21H25FN4O3. The molecule has 3 rings (SSSR count). The van der Waals surface area contributed by atoms with Crippen molar-refractivity contribution >= 4 is 17.3 Å². The number of nitro groups is 1. The highest BCUT2D eigenvalue weighted by Crippen LogP contribution is 2.25. The lowest BCUT2D eigenvalue weighted by Gasteiger charge is -2.21. The molecule has 154 valence electrons. The van der Waals surface area contributed by atoms with E-state index in [1.54, 1.807) is 31.2 Å². The minimum atomic E-state index is -0.449. The molecule has 0 saturated carbocycles. The van der Waals surface area contributed by atoms with Crippen LogP contribution >= 0.6 is 0 Å². The van der Waals surface area contributed by atoms with Gasteiger partial charge in [-0.15, -0.1) is 0 Å².